The van der Waals surface area contributed by atoms with Crippen LogP contribution in [0, 0.1) is 6.92 Å². The molecule has 1 aliphatic heterocycles. The highest BCUT2D eigenvalue weighted by atomic mass is 31.2. The molecular formula is C10H18N4O7P2. The Morgan fingerprint density at radius 3 is 2.74 bits per heavy atom. The van der Waals surface area contributed by atoms with Crippen LogP contribution in [0.5, 0.6) is 0 Å². The first-order valence-electron chi connectivity index (χ1n) is 6.52. The summed E-state index contributed by atoms with van der Waals surface area (Å²) in [5, 5.41) is 0. The quantitative estimate of drug-likeness (QED) is 0.390. The number of ether oxygens (including phenoxy) is 1. The highest BCUT2D eigenvalue weighted by Gasteiger charge is 2.39. The molecule has 2 heterocycles. The molecule has 11 nitrogen and oxygen atoms in total. The Kier molecular flexibility index (Phi) is 6.38. The molecule has 5 atom stereocenters. The number of aryl methyl sites for hydroxylation is 1. The molecule has 7 N–H and O–H groups in total. The van der Waals surface area contributed by atoms with Crippen molar-refractivity contribution in [3.63, 3.8) is 0 Å². The molecule has 13 heteroatoms. The molecule has 1 aromatic heterocycles. The summed E-state index contributed by atoms with van der Waals surface area (Å²) in [6, 6.07) is 0. The lowest BCUT2D eigenvalue weighted by Gasteiger charge is -2.19. The van der Waals surface area contributed by atoms with Crippen LogP contribution in [0.4, 0.5) is 0 Å². The van der Waals surface area contributed by atoms with Crippen LogP contribution in [0.25, 0.3) is 0 Å². The number of H-pyrrole nitrogens is 1. The average molecular weight is 368 g/mol. The molecular weight excluding hydrogens is 350 g/mol. The van der Waals surface area contributed by atoms with Crippen molar-refractivity contribution in [2.24, 2.45) is 11.0 Å². The van der Waals surface area contributed by atoms with Crippen LogP contribution in [0.1, 0.15) is 18.2 Å². The van der Waals surface area contributed by atoms with Crippen molar-refractivity contribution in [3.05, 3.63) is 32.6 Å². The number of nitrogens with one attached hydrogen (secondary N) is 1. The maximum atomic E-state index is 11.9. The highest BCUT2D eigenvalue weighted by Crippen LogP contribution is 2.37. The molecule has 130 valence electrons. The molecule has 1 aromatic rings. The molecule has 2 rings (SSSR count). The van der Waals surface area contributed by atoms with Crippen LogP contribution in [0.2, 0.25) is 0 Å². The molecule has 2 unspecified atom stereocenters. The first-order valence-corrected chi connectivity index (χ1v) is 9.09. The van der Waals surface area contributed by atoms with E-state index in [0.29, 0.717) is 5.56 Å². The molecule has 0 spiro atoms. The maximum absolute atomic E-state index is 11.9. The third-order valence-corrected chi connectivity index (χ3v) is 4.15. The first-order chi connectivity index (χ1) is 10.8. The normalized spacial score (nSPS) is 27.1. The molecule has 1 saturated heterocycles. The number of aromatic nitrogens is 2. The number of aromatic amines is 1. The molecule has 0 radical (unpaired) electrons. The zero-order valence-corrected chi connectivity index (χ0v) is 13.9. The lowest BCUT2D eigenvalue weighted by Crippen LogP contribution is -2.33. The summed E-state index contributed by atoms with van der Waals surface area (Å²) in [6.07, 6.45) is -0.521. The lowest BCUT2D eigenvalue weighted by atomic mass is 10.2. The Labute approximate surface area is 133 Å². The van der Waals surface area contributed by atoms with E-state index in [1.807, 2.05) is 0 Å². The van der Waals surface area contributed by atoms with Gasteiger partial charge in [0.05, 0.1) is 12.7 Å². The second kappa shape index (κ2) is 7.89. The zero-order chi connectivity index (χ0) is 17.1. The van der Waals surface area contributed by atoms with Gasteiger partial charge in [-0.15, -0.1) is 0 Å². The van der Waals surface area contributed by atoms with Gasteiger partial charge < -0.3 is 23.6 Å². The van der Waals surface area contributed by atoms with E-state index in [1.165, 1.54) is 10.8 Å². The third kappa shape index (κ3) is 4.87. The molecule has 0 saturated carbocycles. The van der Waals surface area contributed by atoms with E-state index in [9.17, 15) is 14.5 Å². The fourth-order valence-corrected chi connectivity index (χ4v) is 3.02. The van der Waals surface area contributed by atoms with E-state index in [-0.39, 0.29) is 13.0 Å². The summed E-state index contributed by atoms with van der Waals surface area (Å²) in [7, 11) is -4.22. The fourth-order valence-electron chi connectivity index (χ4n) is 2.22. The molecule has 1 fully saturated rings. The van der Waals surface area contributed by atoms with Crippen molar-refractivity contribution in [2.75, 3.05) is 6.61 Å². The SMILES string of the molecule is Cc1cn([C@H]2C[C@H](OP(N)O)[C@@H](COP(N)O)O2)c(=O)[nH]c1=O. The Balaban J connectivity index is 2.20. The van der Waals surface area contributed by atoms with Gasteiger partial charge in [-0.05, 0) is 6.92 Å². The van der Waals surface area contributed by atoms with Crippen LogP contribution < -0.4 is 22.3 Å². The molecule has 0 aromatic carbocycles. The Morgan fingerprint density at radius 2 is 2.13 bits per heavy atom. The minimum absolute atomic E-state index is 0.0971. The van der Waals surface area contributed by atoms with Crippen molar-refractivity contribution < 1.29 is 23.6 Å². The standard InChI is InChI=1S/C10H18N4O7P2/c1-5-3-14(10(16)13-9(5)15)8-2-6(21-23(12)18)7(20-8)4-19-22(11)17/h3,6-8,17-18H,2,4,11-12H2,1H3,(H,13,15,16)/t6-,7+,8+,22?,23?/m0/s1. The fraction of sp³-hybridized carbons (Fsp3) is 0.600. The van der Waals surface area contributed by atoms with E-state index in [1.54, 1.807) is 6.92 Å². The Morgan fingerprint density at radius 1 is 1.43 bits per heavy atom. The van der Waals surface area contributed by atoms with Gasteiger partial charge in [-0.1, -0.05) is 0 Å². The topological polar surface area (TPSA) is 175 Å². The summed E-state index contributed by atoms with van der Waals surface area (Å²) >= 11 is 0. The Bertz CT molecular complexity index is 649. The van der Waals surface area contributed by atoms with Gasteiger partial charge in [0.2, 0.25) is 17.1 Å². The summed E-state index contributed by atoms with van der Waals surface area (Å²) in [4.78, 5) is 43.8. The van der Waals surface area contributed by atoms with Crippen molar-refractivity contribution in [3.8, 4) is 0 Å². The zero-order valence-electron chi connectivity index (χ0n) is 12.2. The van der Waals surface area contributed by atoms with Crippen LogP contribution in [0.3, 0.4) is 0 Å². The van der Waals surface area contributed by atoms with Crippen LogP contribution in [0.15, 0.2) is 15.8 Å². The molecule has 0 bridgehead atoms. The predicted octanol–water partition coefficient (Wildman–Crippen LogP) is -1.11. The molecule has 0 aliphatic carbocycles. The summed E-state index contributed by atoms with van der Waals surface area (Å²) in [5.74, 6) is 0. The number of rotatable bonds is 6. The van der Waals surface area contributed by atoms with Gasteiger partial charge >= 0.3 is 5.69 Å². The number of hydrogen-bond donors (Lipinski definition) is 5. The van der Waals surface area contributed by atoms with E-state index in [2.05, 4.69) is 4.98 Å². The maximum Gasteiger partial charge on any atom is 0.330 e. The van der Waals surface area contributed by atoms with Crippen LogP contribution in [-0.4, -0.2) is 38.2 Å². The molecule has 1 aliphatic rings. The molecule has 23 heavy (non-hydrogen) atoms. The van der Waals surface area contributed by atoms with Crippen molar-refractivity contribution in [1.82, 2.24) is 9.55 Å². The predicted molar refractivity (Wildman–Crippen MR) is 82.1 cm³/mol. The minimum Gasteiger partial charge on any atom is -0.349 e. The van der Waals surface area contributed by atoms with Gasteiger partial charge in [0, 0.05) is 18.2 Å². The van der Waals surface area contributed by atoms with Crippen molar-refractivity contribution in [2.45, 2.75) is 31.8 Å². The Hall–Kier alpha value is -0.740. The molecule has 0 amide bonds. The van der Waals surface area contributed by atoms with Gasteiger partial charge in [0.15, 0.2) is 0 Å². The lowest BCUT2D eigenvalue weighted by molar-refractivity contribution is -0.0368. The number of nitrogens with two attached hydrogens (primary N) is 2. The second-order valence-electron chi connectivity index (χ2n) is 4.89. The number of nitrogens with zero attached hydrogens (tertiary/aromatic N) is 1. The van der Waals surface area contributed by atoms with Crippen molar-refractivity contribution in [1.29, 1.82) is 0 Å². The van der Waals surface area contributed by atoms with E-state index < -0.39 is 46.7 Å². The largest absolute Gasteiger partial charge is 0.349 e. The summed E-state index contributed by atoms with van der Waals surface area (Å²) in [6.45, 7) is 1.46. The number of hydrogen-bond acceptors (Lipinski definition) is 9. The van der Waals surface area contributed by atoms with Gasteiger partial charge in [-0.25, -0.2) is 4.79 Å². The van der Waals surface area contributed by atoms with Gasteiger partial charge in [-0.2, -0.15) is 0 Å². The average Bonchev–Trinajstić information content (AvgIpc) is 2.82. The third-order valence-electron chi connectivity index (χ3n) is 3.25. The summed E-state index contributed by atoms with van der Waals surface area (Å²) < 4.78 is 17.0. The monoisotopic (exact) mass is 368 g/mol. The second-order valence-corrected chi connectivity index (χ2v) is 6.57. The van der Waals surface area contributed by atoms with E-state index in [0.717, 1.165) is 0 Å². The van der Waals surface area contributed by atoms with Gasteiger partial charge in [0.25, 0.3) is 5.56 Å². The van der Waals surface area contributed by atoms with Crippen LogP contribution in [-0.2, 0) is 13.8 Å². The van der Waals surface area contributed by atoms with Crippen molar-refractivity contribution >= 4 is 17.1 Å². The smallest absolute Gasteiger partial charge is 0.330 e. The highest BCUT2D eigenvalue weighted by molar-refractivity contribution is 7.43. The van der Waals surface area contributed by atoms with Crippen LogP contribution >= 0.6 is 17.1 Å². The minimum atomic E-state index is -2.14. The van der Waals surface area contributed by atoms with Gasteiger partial charge in [0.1, 0.15) is 12.3 Å². The van der Waals surface area contributed by atoms with E-state index >= 15 is 0 Å². The summed E-state index contributed by atoms with van der Waals surface area (Å²) in [5.41, 5.74) is 9.66. The van der Waals surface area contributed by atoms with Gasteiger partial charge in [-0.3, -0.25) is 25.4 Å². The first kappa shape index (κ1) is 18.6. The van der Waals surface area contributed by atoms with E-state index in [4.69, 9.17) is 29.7 Å².